The van der Waals surface area contributed by atoms with Crippen LogP contribution in [-0.4, -0.2) is 31.1 Å². The van der Waals surface area contributed by atoms with Gasteiger partial charge in [-0.25, -0.2) is 0 Å². The summed E-state index contributed by atoms with van der Waals surface area (Å²) in [7, 11) is 1.59. The van der Waals surface area contributed by atoms with Crippen LogP contribution in [0.4, 0.5) is 5.69 Å². The molecule has 1 fully saturated rings. The number of hydrogen-bond donors (Lipinski definition) is 2. The lowest BCUT2D eigenvalue weighted by molar-refractivity contribution is -0.121. The third-order valence-electron chi connectivity index (χ3n) is 4.48. The third kappa shape index (κ3) is 5.99. The van der Waals surface area contributed by atoms with Crippen LogP contribution >= 0.6 is 24.8 Å². The second-order valence-corrected chi connectivity index (χ2v) is 6.21. The summed E-state index contributed by atoms with van der Waals surface area (Å²) in [4.78, 5) is 16.4. The Hall–Kier alpha value is -2.02. The summed E-state index contributed by atoms with van der Waals surface area (Å²) in [6, 6.07) is 9.21. The van der Waals surface area contributed by atoms with Gasteiger partial charge in [-0.2, -0.15) is 0 Å². The van der Waals surface area contributed by atoms with Crippen molar-refractivity contribution in [2.75, 3.05) is 25.5 Å². The minimum Gasteiger partial charge on any atom is -0.493 e. The molecule has 0 bridgehead atoms. The maximum atomic E-state index is 12.4. The molecular formula is C19H25Cl2N3O3. The molecule has 2 heterocycles. The molecule has 0 saturated carbocycles. The number of methoxy groups -OCH3 is 1. The van der Waals surface area contributed by atoms with Crippen molar-refractivity contribution in [3.8, 4) is 11.5 Å². The number of halogens is 2. The van der Waals surface area contributed by atoms with E-state index in [4.69, 9.17) is 9.47 Å². The first kappa shape index (κ1) is 23.0. The van der Waals surface area contributed by atoms with Crippen molar-refractivity contribution in [1.82, 2.24) is 10.3 Å². The van der Waals surface area contributed by atoms with E-state index in [2.05, 4.69) is 15.6 Å². The van der Waals surface area contributed by atoms with Crippen molar-refractivity contribution in [2.45, 2.75) is 13.5 Å². The second kappa shape index (κ2) is 11.0. The lowest BCUT2D eigenvalue weighted by Crippen LogP contribution is -2.48. The fourth-order valence-corrected chi connectivity index (χ4v) is 2.65. The summed E-state index contributed by atoms with van der Waals surface area (Å²) in [5, 5.41) is 6.16. The number of amides is 1. The standard InChI is InChI=1S/C19H23N3O3.2ClH/c1-13(15-10-21-11-15)19(23)22-16-5-6-17(24-2)18(8-16)25-12-14-4-3-7-20-9-14;;/h3-9,13,15,21H,10-12H2,1-2H3,(H,22,23);2*1H. The van der Waals surface area contributed by atoms with Gasteiger partial charge in [-0.1, -0.05) is 13.0 Å². The van der Waals surface area contributed by atoms with E-state index in [-0.39, 0.29) is 36.6 Å². The smallest absolute Gasteiger partial charge is 0.227 e. The number of nitrogens with zero attached hydrogens (tertiary/aromatic N) is 1. The molecule has 8 heteroatoms. The number of anilines is 1. The quantitative estimate of drug-likeness (QED) is 0.728. The van der Waals surface area contributed by atoms with Crippen LogP contribution in [0.15, 0.2) is 42.7 Å². The fourth-order valence-electron chi connectivity index (χ4n) is 2.65. The van der Waals surface area contributed by atoms with Gasteiger partial charge in [0.15, 0.2) is 11.5 Å². The molecule has 148 valence electrons. The van der Waals surface area contributed by atoms with Crippen LogP contribution < -0.4 is 20.1 Å². The van der Waals surface area contributed by atoms with E-state index in [1.165, 1.54) is 0 Å². The number of rotatable bonds is 7. The molecule has 1 aromatic carbocycles. The van der Waals surface area contributed by atoms with Crippen LogP contribution in [0.5, 0.6) is 11.5 Å². The van der Waals surface area contributed by atoms with Gasteiger partial charge in [-0.05, 0) is 37.2 Å². The van der Waals surface area contributed by atoms with Gasteiger partial charge in [0.1, 0.15) is 6.61 Å². The lowest BCUT2D eigenvalue weighted by Gasteiger charge is -2.31. The van der Waals surface area contributed by atoms with Gasteiger partial charge >= 0.3 is 0 Å². The largest absolute Gasteiger partial charge is 0.493 e. The summed E-state index contributed by atoms with van der Waals surface area (Å²) in [5.74, 6) is 1.61. The molecule has 3 rings (SSSR count). The van der Waals surface area contributed by atoms with E-state index >= 15 is 0 Å². The molecule has 27 heavy (non-hydrogen) atoms. The zero-order chi connectivity index (χ0) is 17.6. The SMILES string of the molecule is COc1ccc(NC(=O)C(C)C2CNC2)cc1OCc1cccnc1.Cl.Cl. The van der Waals surface area contributed by atoms with Gasteiger partial charge in [0.2, 0.25) is 5.91 Å². The summed E-state index contributed by atoms with van der Waals surface area (Å²) in [6.07, 6.45) is 3.48. The van der Waals surface area contributed by atoms with Crippen LogP contribution in [0, 0.1) is 11.8 Å². The van der Waals surface area contributed by atoms with Crippen molar-refractivity contribution in [3.63, 3.8) is 0 Å². The average molecular weight is 414 g/mol. The monoisotopic (exact) mass is 413 g/mol. The number of pyridine rings is 1. The van der Waals surface area contributed by atoms with Crippen molar-refractivity contribution in [2.24, 2.45) is 11.8 Å². The Morgan fingerprint density at radius 3 is 2.67 bits per heavy atom. The number of benzene rings is 1. The first-order chi connectivity index (χ1) is 12.2. The van der Waals surface area contributed by atoms with Gasteiger partial charge in [-0.3, -0.25) is 9.78 Å². The number of hydrogen-bond acceptors (Lipinski definition) is 5. The second-order valence-electron chi connectivity index (χ2n) is 6.21. The predicted octanol–water partition coefficient (Wildman–Crippen LogP) is 3.31. The van der Waals surface area contributed by atoms with Gasteiger partial charge < -0.3 is 20.1 Å². The molecule has 1 atom stereocenters. The van der Waals surface area contributed by atoms with E-state index in [9.17, 15) is 4.79 Å². The van der Waals surface area contributed by atoms with E-state index in [1.54, 1.807) is 31.6 Å². The summed E-state index contributed by atoms with van der Waals surface area (Å²) < 4.78 is 11.2. The van der Waals surface area contributed by atoms with Gasteiger partial charge in [0, 0.05) is 35.6 Å². The topological polar surface area (TPSA) is 72.5 Å². The number of nitrogens with one attached hydrogen (secondary N) is 2. The highest BCUT2D eigenvalue weighted by Gasteiger charge is 2.28. The summed E-state index contributed by atoms with van der Waals surface area (Å²) >= 11 is 0. The van der Waals surface area contributed by atoms with E-state index in [0.29, 0.717) is 29.7 Å². The van der Waals surface area contributed by atoms with Gasteiger partial charge in [0.25, 0.3) is 0 Å². The first-order valence-electron chi connectivity index (χ1n) is 8.38. The molecule has 0 spiro atoms. The van der Waals surface area contributed by atoms with Crippen molar-refractivity contribution >= 4 is 36.4 Å². The first-order valence-corrected chi connectivity index (χ1v) is 8.38. The van der Waals surface area contributed by atoms with Crippen LogP contribution in [0.25, 0.3) is 0 Å². The molecule has 2 N–H and O–H groups in total. The highest BCUT2D eigenvalue weighted by atomic mass is 35.5. The predicted molar refractivity (Wildman–Crippen MR) is 110 cm³/mol. The number of carbonyl (C=O) groups is 1. The highest BCUT2D eigenvalue weighted by molar-refractivity contribution is 5.93. The van der Waals surface area contributed by atoms with E-state index in [0.717, 1.165) is 18.7 Å². The Morgan fingerprint density at radius 1 is 1.30 bits per heavy atom. The highest BCUT2D eigenvalue weighted by Crippen LogP contribution is 2.31. The van der Waals surface area contributed by atoms with Crippen molar-refractivity contribution < 1.29 is 14.3 Å². The molecular weight excluding hydrogens is 389 g/mol. The molecule has 2 aromatic rings. The molecule has 1 amide bonds. The minimum absolute atomic E-state index is 0. The van der Waals surface area contributed by atoms with Crippen molar-refractivity contribution in [1.29, 1.82) is 0 Å². The molecule has 0 aliphatic carbocycles. The maximum Gasteiger partial charge on any atom is 0.227 e. The zero-order valence-corrected chi connectivity index (χ0v) is 16.9. The van der Waals surface area contributed by atoms with Crippen LogP contribution in [-0.2, 0) is 11.4 Å². The number of carbonyl (C=O) groups excluding carboxylic acids is 1. The third-order valence-corrected chi connectivity index (χ3v) is 4.48. The Kier molecular flexibility index (Phi) is 9.35. The zero-order valence-electron chi connectivity index (χ0n) is 15.3. The van der Waals surface area contributed by atoms with E-state index in [1.807, 2.05) is 25.1 Å². The average Bonchev–Trinajstić information content (AvgIpc) is 2.59. The van der Waals surface area contributed by atoms with Crippen molar-refractivity contribution in [3.05, 3.63) is 48.3 Å². The minimum atomic E-state index is -0.0249. The maximum absolute atomic E-state index is 12.4. The molecule has 1 aromatic heterocycles. The Labute approximate surface area is 171 Å². The van der Waals surface area contributed by atoms with E-state index < -0.39 is 0 Å². The fraction of sp³-hybridized carbons (Fsp3) is 0.368. The van der Waals surface area contributed by atoms with Gasteiger partial charge in [0.05, 0.1) is 7.11 Å². The number of aromatic nitrogens is 1. The Morgan fingerprint density at radius 2 is 2.07 bits per heavy atom. The molecule has 1 aliphatic heterocycles. The lowest BCUT2D eigenvalue weighted by atomic mass is 9.88. The molecule has 1 aliphatic rings. The van der Waals surface area contributed by atoms with Crippen LogP contribution in [0.3, 0.4) is 0 Å². The Bertz CT molecular complexity index is 727. The molecule has 1 unspecified atom stereocenters. The normalized spacial score (nSPS) is 14.0. The molecule has 6 nitrogen and oxygen atoms in total. The van der Waals surface area contributed by atoms with Crippen LogP contribution in [0.1, 0.15) is 12.5 Å². The summed E-state index contributed by atoms with van der Waals surface area (Å²) in [5.41, 5.74) is 1.66. The number of ether oxygens (including phenoxy) is 2. The molecule has 1 saturated heterocycles. The molecule has 0 radical (unpaired) electrons. The Balaban J connectivity index is 0.00000182. The summed E-state index contributed by atoms with van der Waals surface area (Å²) in [6.45, 7) is 4.14. The van der Waals surface area contributed by atoms with Gasteiger partial charge in [-0.15, -0.1) is 24.8 Å². The van der Waals surface area contributed by atoms with Crippen LogP contribution in [0.2, 0.25) is 0 Å².